The molecule has 0 aliphatic carbocycles. The van der Waals surface area contributed by atoms with Gasteiger partial charge < -0.3 is 25.0 Å². The summed E-state index contributed by atoms with van der Waals surface area (Å²) in [6.45, 7) is 8.96. The molecule has 0 radical (unpaired) electrons. The zero-order valence-electron chi connectivity index (χ0n) is 18.7. The van der Waals surface area contributed by atoms with Gasteiger partial charge in [0.25, 0.3) is 0 Å². The van der Waals surface area contributed by atoms with E-state index in [0.717, 1.165) is 64.5 Å². The Morgan fingerprint density at radius 1 is 1.23 bits per heavy atom. The summed E-state index contributed by atoms with van der Waals surface area (Å²) in [6.07, 6.45) is 1.86. The van der Waals surface area contributed by atoms with Gasteiger partial charge in [-0.25, -0.2) is 4.99 Å². The Bertz CT molecular complexity index is 660. The minimum atomic E-state index is -0.0196. The normalized spacial score (nSPS) is 15.0. The average Bonchev–Trinajstić information content (AvgIpc) is 2.75. The molecule has 1 saturated heterocycles. The summed E-state index contributed by atoms with van der Waals surface area (Å²) in [4.78, 5) is 20.3. The zero-order valence-corrected chi connectivity index (χ0v) is 18.7. The van der Waals surface area contributed by atoms with Crippen LogP contribution in [-0.4, -0.2) is 94.9 Å². The van der Waals surface area contributed by atoms with Crippen molar-refractivity contribution < 1.29 is 14.3 Å². The van der Waals surface area contributed by atoms with E-state index in [1.54, 1.807) is 19.0 Å². The Balaban J connectivity index is 1.80. The molecule has 8 nitrogen and oxygen atoms in total. The maximum Gasteiger partial charge on any atom is 0.243 e. The zero-order chi connectivity index (χ0) is 21.6. The number of likely N-dealkylation sites (N-methyl/N-ethyl adjacent to an activating group) is 1. The van der Waals surface area contributed by atoms with Gasteiger partial charge >= 0.3 is 0 Å². The maximum atomic E-state index is 11.9. The highest BCUT2D eigenvalue weighted by molar-refractivity contribution is 5.84. The van der Waals surface area contributed by atoms with Crippen LogP contribution >= 0.6 is 0 Å². The second-order valence-corrected chi connectivity index (χ2v) is 7.44. The van der Waals surface area contributed by atoms with Crippen LogP contribution in [0.2, 0.25) is 0 Å². The van der Waals surface area contributed by atoms with E-state index in [0.29, 0.717) is 12.6 Å². The molecule has 1 aromatic carbocycles. The molecule has 0 aromatic heterocycles. The number of carbonyl (C=O) groups excluding carboxylic acids is 1. The molecular weight excluding hydrogens is 382 g/mol. The predicted molar refractivity (Wildman–Crippen MR) is 120 cm³/mol. The first-order chi connectivity index (χ1) is 14.6. The fraction of sp³-hybridized carbons (Fsp3) is 0.636. The Labute approximate surface area is 180 Å². The number of ether oxygens (including phenoxy) is 2. The molecule has 0 saturated carbocycles. The molecule has 168 valence electrons. The van der Waals surface area contributed by atoms with E-state index in [2.05, 4.69) is 32.7 Å². The van der Waals surface area contributed by atoms with Crippen LogP contribution in [0.15, 0.2) is 29.3 Å². The van der Waals surface area contributed by atoms with Crippen molar-refractivity contribution in [2.24, 2.45) is 4.99 Å². The van der Waals surface area contributed by atoms with Crippen molar-refractivity contribution >= 4 is 11.9 Å². The number of hydrogen-bond acceptors (Lipinski definition) is 5. The Kier molecular flexibility index (Phi) is 11.0. The lowest BCUT2D eigenvalue weighted by atomic mass is 10.1. The van der Waals surface area contributed by atoms with E-state index >= 15 is 0 Å². The quantitative estimate of drug-likeness (QED) is 0.316. The van der Waals surface area contributed by atoms with Gasteiger partial charge in [-0.15, -0.1) is 0 Å². The largest absolute Gasteiger partial charge is 0.494 e. The summed E-state index contributed by atoms with van der Waals surface area (Å²) in [5.74, 6) is 1.55. The molecule has 8 heteroatoms. The molecule has 1 aromatic rings. The lowest BCUT2D eigenvalue weighted by Crippen LogP contribution is -2.41. The number of morpholine rings is 1. The first-order valence-electron chi connectivity index (χ1n) is 10.8. The van der Waals surface area contributed by atoms with E-state index in [-0.39, 0.29) is 12.5 Å². The molecule has 30 heavy (non-hydrogen) atoms. The van der Waals surface area contributed by atoms with Gasteiger partial charge in [-0.1, -0.05) is 12.1 Å². The number of amides is 1. The first-order valence-corrected chi connectivity index (χ1v) is 10.8. The molecule has 2 N–H and O–H groups in total. The third-order valence-corrected chi connectivity index (χ3v) is 4.83. The fourth-order valence-corrected chi connectivity index (χ4v) is 3.08. The molecule has 0 spiro atoms. The second-order valence-electron chi connectivity index (χ2n) is 7.44. The van der Waals surface area contributed by atoms with Gasteiger partial charge in [0.05, 0.1) is 19.8 Å². The third kappa shape index (κ3) is 9.45. The number of rotatable bonds is 11. The van der Waals surface area contributed by atoms with Gasteiger partial charge in [-0.2, -0.15) is 0 Å². The van der Waals surface area contributed by atoms with Crippen molar-refractivity contribution in [1.82, 2.24) is 20.4 Å². The number of nitrogens with one attached hydrogen (secondary N) is 2. The topological polar surface area (TPSA) is 78.4 Å². The number of nitrogens with zero attached hydrogens (tertiary/aromatic N) is 3. The van der Waals surface area contributed by atoms with Gasteiger partial charge in [-0.3, -0.25) is 9.69 Å². The van der Waals surface area contributed by atoms with Gasteiger partial charge in [-0.05, 0) is 44.0 Å². The van der Waals surface area contributed by atoms with Crippen LogP contribution in [0, 0.1) is 0 Å². The number of hydrogen-bond donors (Lipinski definition) is 2. The highest BCUT2D eigenvalue weighted by Gasteiger charge is 2.10. The second kappa shape index (κ2) is 13.8. The van der Waals surface area contributed by atoms with Crippen molar-refractivity contribution in [2.45, 2.75) is 19.8 Å². The summed E-state index contributed by atoms with van der Waals surface area (Å²) in [5, 5.41) is 6.70. The lowest BCUT2D eigenvalue weighted by Gasteiger charge is -2.26. The smallest absolute Gasteiger partial charge is 0.243 e. The molecule has 0 unspecified atom stereocenters. The summed E-state index contributed by atoms with van der Waals surface area (Å²) < 4.78 is 11.0. The molecule has 1 fully saturated rings. The molecule has 1 heterocycles. The van der Waals surface area contributed by atoms with Crippen molar-refractivity contribution in [2.75, 3.05) is 73.2 Å². The summed E-state index contributed by atoms with van der Waals surface area (Å²) in [5.41, 5.74) is 1.20. The standard InChI is InChI=1S/C22H37N5O3/c1-4-30-20-8-5-7-19(17-20)9-11-24-22(25-18-21(28)26(2)3)23-10-6-12-27-13-15-29-16-14-27/h5,7-8,17H,4,6,9-16,18H2,1-3H3,(H2,23,24,25). The van der Waals surface area contributed by atoms with Crippen molar-refractivity contribution in [3.05, 3.63) is 29.8 Å². The fourth-order valence-electron chi connectivity index (χ4n) is 3.08. The van der Waals surface area contributed by atoms with Crippen LogP contribution in [-0.2, 0) is 16.0 Å². The molecule has 1 aliphatic heterocycles. The van der Waals surface area contributed by atoms with Crippen LogP contribution in [0.5, 0.6) is 5.75 Å². The van der Waals surface area contributed by atoms with Crippen LogP contribution in [0.1, 0.15) is 18.9 Å². The van der Waals surface area contributed by atoms with Gasteiger partial charge in [0.1, 0.15) is 12.3 Å². The van der Waals surface area contributed by atoms with Gasteiger partial charge in [0, 0.05) is 40.3 Å². The highest BCUT2D eigenvalue weighted by Crippen LogP contribution is 2.13. The first kappa shape index (κ1) is 24.0. The minimum absolute atomic E-state index is 0.0196. The highest BCUT2D eigenvalue weighted by atomic mass is 16.5. The summed E-state index contributed by atoms with van der Waals surface area (Å²) in [6, 6.07) is 8.13. The Morgan fingerprint density at radius 3 is 2.73 bits per heavy atom. The van der Waals surface area contributed by atoms with E-state index in [4.69, 9.17) is 9.47 Å². The van der Waals surface area contributed by atoms with Crippen LogP contribution in [0.3, 0.4) is 0 Å². The summed E-state index contributed by atoms with van der Waals surface area (Å²) >= 11 is 0. The van der Waals surface area contributed by atoms with Crippen molar-refractivity contribution in [3.63, 3.8) is 0 Å². The van der Waals surface area contributed by atoms with Crippen molar-refractivity contribution in [1.29, 1.82) is 0 Å². The van der Waals surface area contributed by atoms with Crippen LogP contribution in [0.4, 0.5) is 0 Å². The summed E-state index contributed by atoms with van der Waals surface area (Å²) in [7, 11) is 3.48. The predicted octanol–water partition coefficient (Wildman–Crippen LogP) is 0.974. The van der Waals surface area contributed by atoms with E-state index in [9.17, 15) is 4.79 Å². The molecule has 2 rings (SSSR count). The Hall–Kier alpha value is -2.32. The molecule has 1 aliphatic rings. The SMILES string of the molecule is CCOc1cccc(CCNC(=NCC(=O)N(C)C)NCCCN2CCOCC2)c1. The minimum Gasteiger partial charge on any atom is -0.494 e. The number of benzene rings is 1. The number of guanidine groups is 1. The number of aliphatic imine (C=N–C) groups is 1. The van der Waals surface area contributed by atoms with Crippen LogP contribution in [0.25, 0.3) is 0 Å². The molecular formula is C22H37N5O3. The van der Waals surface area contributed by atoms with Gasteiger partial charge in [0.2, 0.25) is 5.91 Å². The van der Waals surface area contributed by atoms with E-state index < -0.39 is 0 Å². The Morgan fingerprint density at radius 2 is 2.00 bits per heavy atom. The van der Waals surface area contributed by atoms with Crippen molar-refractivity contribution in [3.8, 4) is 5.75 Å². The monoisotopic (exact) mass is 419 g/mol. The van der Waals surface area contributed by atoms with E-state index in [1.807, 2.05) is 19.1 Å². The molecule has 0 atom stereocenters. The van der Waals surface area contributed by atoms with E-state index in [1.165, 1.54) is 5.56 Å². The third-order valence-electron chi connectivity index (χ3n) is 4.83. The lowest BCUT2D eigenvalue weighted by molar-refractivity contribution is -0.127. The molecule has 1 amide bonds. The number of carbonyl (C=O) groups is 1. The van der Waals surface area contributed by atoms with Crippen LogP contribution < -0.4 is 15.4 Å². The maximum absolute atomic E-state index is 11.9. The molecule has 0 bridgehead atoms. The van der Waals surface area contributed by atoms with Gasteiger partial charge in [0.15, 0.2) is 5.96 Å². The average molecular weight is 420 g/mol.